The Hall–Kier alpha value is -4.47. The minimum absolute atomic E-state index is 0.229. The van der Waals surface area contributed by atoms with Gasteiger partial charge in [-0.15, -0.1) is 10.2 Å². The van der Waals surface area contributed by atoms with Crippen molar-refractivity contribution in [3.8, 4) is 10.6 Å². The van der Waals surface area contributed by atoms with Crippen molar-refractivity contribution in [3.63, 3.8) is 0 Å². The molecule has 0 aromatic carbocycles. The number of pyridine rings is 1. The predicted molar refractivity (Wildman–Crippen MR) is 132 cm³/mol. The summed E-state index contributed by atoms with van der Waals surface area (Å²) in [5.41, 5.74) is 2.99. The maximum atomic E-state index is 12.2. The summed E-state index contributed by atoms with van der Waals surface area (Å²) in [5, 5.41) is 15.5. The molecule has 0 saturated carbocycles. The number of ether oxygens (including phenoxy) is 4. The van der Waals surface area contributed by atoms with Gasteiger partial charge in [0.25, 0.3) is 5.91 Å². The summed E-state index contributed by atoms with van der Waals surface area (Å²) >= 11 is 1.21. The number of nitrogens with zero attached hydrogens (tertiary/aromatic N) is 4. The van der Waals surface area contributed by atoms with Gasteiger partial charge in [0.05, 0.1) is 12.8 Å². The van der Waals surface area contributed by atoms with E-state index in [1.807, 2.05) is 6.07 Å². The SMILES string of the molecule is CC(=O)OC[C@@H](OC(C)=O)[C@H](OC(C)=O)[C@H](/C=N/NC(=O)CNc1nnc(-c2cccnc2)s1)OC(C)=O. The van der Waals surface area contributed by atoms with Crippen molar-refractivity contribution >= 4 is 52.5 Å². The minimum atomic E-state index is -1.45. The van der Waals surface area contributed by atoms with Crippen molar-refractivity contribution in [2.45, 2.75) is 46.0 Å². The van der Waals surface area contributed by atoms with Crippen molar-refractivity contribution in [2.75, 3.05) is 18.5 Å². The lowest BCUT2D eigenvalue weighted by Gasteiger charge is -2.29. The van der Waals surface area contributed by atoms with Gasteiger partial charge in [-0.1, -0.05) is 11.3 Å². The molecule has 0 spiro atoms. The average molecular weight is 551 g/mol. The number of nitrogens with one attached hydrogen (secondary N) is 2. The summed E-state index contributed by atoms with van der Waals surface area (Å²) in [6.45, 7) is 3.65. The van der Waals surface area contributed by atoms with Crippen LogP contribution in [0.3, 0.4) is 0 Å². The van der Waals surface area contributed by atoms with E-state index in [9.17, 15) is 24.0 Å². The number of aromatic nitrogens is 3. The van der Waals surface area contributed by atoms with E-state index >= 15 is 0 Å². The van der Waals surface area contributed by atoms with E-state index in [0.717, 1.165) is 39.5 Å². The molecule has 0 unspecified atom stereocenters. The second kappa shape index (κ2) is 14.9. The maximum Gasteiger partial charge on any atom is 0.303 e. The Morgan fingerprint density at radius 1 is 1.00 bits per heavy atom. The molecule has 0 fully saturated rings. The largest absolute Gasteiger partial charge is 0.462 e. The van der Waals surface area contributed by atoms with Gasteiger partial charge in [-0.05, 0) is 12.1 Å². The molecule has 3 atom stereocenters. The van der Waals surface area contributed by atoms with Crippen LogP contribution in [0.1, 0.15) is 27.7 Å². The highest BCUT2D eigenvalue weighted by molar-refractivity contribution is 7.18. The average Bonchev–Trinajstić information content (AvgIpc) is 3.32. The molecule has 0 aliphatic carbocycles. The van der Waals surface area contributed by atoms with Gasteiger partial charge in [-0.2, -0.15) is 5.10 Å². The highest BCUT2D eigenvalue weighted by Crippen LogP contribution is 2.25. The van der Waals surface area contributed by atoms with Crippen LogP contribution in [0.2, 0.25) is 0 Å². The topological polar surface area (TPSA) is 197 Å². The lowest BCUT2D eigenvalue weighted by atomic mass is 10.1. The number of hydrogen-bond donors (Lipinski definition) is 2. The molecule has 0 aliphatic rings. The van der Waals surface area contributed by atoms with Crippen molar-refractivity contribution in [1.29, 1.82) is 0 Å². The number of hydrazone groups is 1. The Kier molecular flexibility index (Phi) is 11.7. The monoisotopic (exact) mass is 550 g/mol. The van der Waals surface area contributed by atoms with Crippen molar-refractivity contribution < 1.29 is 42.9 Å². The van der Waals surface area contributed by atoms with Crippen LogP contribution >= 0.6 is 11.3 Å². The number of carbonyl (C=O) groups is 5. The fourth-order valence-electron chi connectivity index (χ4n) is 2.81. The van der Waals surface area contributed by atoms with Crippen LogP contribution in [-0.2, 0) is 42.9 Å². The van der Waals surface area contributed by atoms with Gasteiger partial charge in [0.1, 0.15) is 6.61 Å². The standard InChI is InChI=1S/C22H26N6O9S/c1-12(29)34-11-18(36-14(3)31)20(37-15(4)32)17(35-13(2)30)9-25-26-19(33)10-24-22-28-27-21(38-22)16-6-5-7-23-8-16/h5-9,17-18,20H,10-11H2,1-4H3,(H,24,28)(H,26,33)/b25-9+/t17-,18+,20+/m0/s1. The Morgan fingerprint density at radius 3 is 2.32 bits per heavy atom. The number of hydrogen-bond acceptors (Lipinski definition) is 15. The molecule has 2 heterocycles. The van der Waals surface area contributed by atoms with Crippen LogP contribution in [0.5, 0.6) is 0 Å². The third-order valence-electron chi connectivity index (χ3n) is 4.21. The molecular weight excluding hydrogens is 524 g/mol. The van der Waals surface area contributed by atoms with E-state index in [4.69, 9.17) is 18.9 Å². The molecular formula is C22H26N6O9S. The van der Waals surface area contributed by atoms with Gasteiger partial charge in [0.2, 0.25) is 5.13 Å². The number of rotatable bonds is 13. The number of amides is 1. The molecule has 0 aliphatic heterocycles. The number of carbonyl (C=O) groups excluding carboxylic acids is 5. The summed E-state index contributed by atoms with van der Waals surface area (Å²) in [7, 11) is 0. The van der Waals surface area contributed by atoms with Crippen LogP contribution in [0.25, 0.3) is 10.6 Å². The molecule has 1 amide bonds. The van der Waals surface area contributed by atoms with E-state index < -0.39 is 54.7 Å². The van der Waals surface area contributed by atoms with E-state index in [0.29, 0.717) is 10.1 Å². The first-order chi connectivity index (χ1) is 18.0. The van der Waals surface area contributed by atoms with Crippen LogP contribution in [0.15, 0.2) is 29.6 Å². The molecule has 2 N–H and O–H groups in total. The molecule has 0 bridgehead atoms. The lowest BCUT2D eigenvalue weighted by molar-refractivity contribution is -0.183. The zero-order valence-electron chi connectivity index (χ0n) is 20.9. The Balaban J connectivity index is 2.07. The summed E-state index contributed by atoms with van der Waals surface area (Å²) in [5.74, 6) is -3.66. The maximum absolute atomic E-state index is 12.2. The third-order valence-corrected chi connectivity index (χ3v) is 5.14. The van der Waals surface area contributed by atoms with Gasteiger partial charge < -0.3 is 24.3 Å². The van der Waals surface area contributed by atoms with E-state index in [-0.39, 0.29) is 6.54 Å². The highest BCUT2D eigenvalue weighted by Gasteiger charge is 2.37. The summed E-state index contributed by atoms with van der Waals surface area (Å²) in [6.07, 6.45) is 0.0149. The first-order valence-electron chi connectivity index (χ1n) is 11.0. The zero-order chi connectivity index (χ0) is 28.1. The molecule has 204 valence electrons. The second-order valence-corrected chi connectivity index (χ2v) is 8.40. The fraction of sp³-hybridized carbons (Fsp3) is 0.409. The quantitative estimate of drug-likeness (QED) is 0.151. The molecule has 2 aromatic rings. The van der Waals surface area contributed by atoms with Crippen LogP contribution in [-0.4, -0.2) is 82.6 Å². The molecule has 16 heteroatoms. The predicted octanol–water partition coefficient (Wildman–Crippen LogP) is 0.472. The Bertz CT molecular complexity index is 1160. The van der Waals surface area contributed by atoms with Crippen LogP contribution < -0.4 is 10.7 Å². The number of anilines is 1. The van der Waals surface area contributed by atoms with E-state index in [1.165, 1.54) is 11.3 Å². The van der Waals surface area contributed by atoms with Gasteiger partial charge in [0.15, 0.2) is 23.3 Å². The fourth-order valence-corrected chi connectivity index (χ4v) is 3.54. The van der Waals surface area contributed by atoms with Crippen molar-refractivity contribution in [3.05, 3.63) is 24.5 Å². The van der Waals surface area contributed by atoms with Gasteiger partial charge in [0, 0.05) is 45.7 Å². The minimum Gasteiger partial charge on any atom is -0.462 e. The van der Waals surface area contributed by atoms with Gasteiger partial charge >= 0.3 is 23.9 Å². The highest BCUT2D eigenvalue weighted by atomic mass is 32.1. The first-order valence-corrected chi connectivity index (χ1v) is 11.8. The molecule has 15 nitrogen and oxygen atoms in total. The molecule has 0 saturated heterocycles. The summed E-state index contributed by atoms with van der Waals surface area (Å²) in [4.78, 5) is 62.5. The lowest BCUT2D eigenvalue weighted by Crippen LogP contribution is -2.48. The Morgan fingerprint density at radius 2 is 1.71 bits per heavy atom. The number of esters is 4. The first kappa shape index (κ1) is 29.8. The Labute approximate surface area is 220 Å². The third kappa shape index (κ3) is 10.7. The molecule has 38 heavy (non-hydrogen) atoms. The van der Waals surface area contributed by atoms with Crippen LogP contribution in [0, 0.1) is 0 Å². The zero-order valence-corrected chi connectivity index (χ0v) is 21.7. The molecule has 0 radical (unpaired) electrons. The van der Waals surface area contributed by atoms with Crippen molar-refractivity contribution in [1.82, 2.24) is 20.6 Å². The van der Waals surface area contributed by atoms with E-state index in [2.05, 4.69) is 31.0 Å². The molecule has 2 rings (SSSR count). The van der Waals surface area contributed by atoms with Crippen molar-refractivity contribution in [2.24, 2.45) is 5.10 Å². The summed E-state index contributed by atoms with van der Waals surface area (Å²) < 4.78 is 20.3. The summed E-state index contributed by atoms with van der Waals surface area (Å²) in [6, 6.07) is 3.58. The normalized spacial score (nSPS) is 13.1. The smallest absolute Gasteiger partial charge is 0.303 e. The van der Waals surface area contributed by atoms with Crippen LogP contribution in [0.4, 0.5) is 5.13 Å². The van der Waals surface area contributed by atoms with Gasteiger partial charge in [-0.25, -0.2) is 5.43 Å². The second-order valence-electron chi connectivity index (χ2n) is 7.42. The molecule has 2 aromatic heterocycles. The van der Waals surface area contributed by atoms with Gasteiger partial charge in [-0.3, -0.25) is 29.0 Å². The van der Waals surface area contributed by atoms with E-state index in [1.54, 1.807) is 18.5 Å².